The number of hydrogen-bond donors (Lipinski definition) is 1. The Morgan fingerprint density at radius 1 is 1.35 bits per heavy atom. The number of aromatic nitrogens is 2. The van der Waals surface area contributed by atoms with E-state index in [2.05, 4.69) is 55.7 Å². The van der Waals surface area contributed by atoms with E-state index in [1.54, 1.807) is 0 Å². The maximum atomic E-state index is 4.51. The molecule has 1 heterocycles. The molecule has 3 heteroatoms. The average molecular weight is 237 g/mol. The van der Waals surface area contributed by atoms with E-state index in [-0.39, 0.29) is 0 Å². The van der Waals surface area contributed by atoms with Crippen molar-refractivity contribution in [1.82, 2.24) is 14.9 Å². The summed E-state index contributed by atoms with van der Waals surface area (Å²) in [6, 6.07) is 0.383. The van der Waals surface area contributed by atoms with Crippen LogP contribution in [0.2, 0.25) is 0 Å². The monoisotopic (exact) mass is 237 g/mol. The molecule has 0 aromatic carbocycles. The van der Waals surface area contributed by atoms with Crippen molar-refractivity contribution in [2.24, 2.45) is 5.41 Å². The SMILES string of the molecule is CCNC(CCC(C)(C)C)c1nccn1CC. The Balaban J connectivity index is 2.71. The predicted molar refractivity (Wildman–Crippen MR) is 73.0 cm³/mol. The summed E-state index contributed by atoms with van der Waals surface area (Å²) in [4.78, 5) is 4.51. The van der Waals surface area contributed by atoms with Crippen LogP contribution in [-0.2, 0) is 6.54 Å². The van der Waals surface area contributed by atoms with Crippen LogP contribution in [0.1, 0.15) is 59.3 Å². The molecule has 98 valence electrons. The highest BCUT2D eigenvalue weighted by Gasteiger charge is 2.19. The topological polar surface area (TPSA) is 29.9 Å². The van der Waals surface area contributed by atoms with Crippen molar-refractivity contribution in [2.75, 3.05) is 6.54 Å². The molecule has 1 aromatic rings. The molecule has 0 saturated heterocycles. The first-order chi connectivity index (χ1) is 7.98. The van der Waals surface area contributed by atoms with Crippen LogP contribution in [0.15, 0.2) is 12.4 Å². The van der Waals surface area contributed by atoms with Crippen molar-refractivity contribution in [3.8, 4) is 0 Å². The Morgan fingerprint density at radius 3 is 2.59 bits per heavy atom. The van der Waals surface area contributed by atoms with E-state index in [0.29, 0.717) is 11.5 Å². The van der Waals surface area contributed by atoms with Gasteiger partial charge in [-0.2, -0.15) is 0 Å². The molecule has 1 aromatic heterocycles. The number of imidazole rings is 1. The smallest absolute Gasteiger partial charge is 0.125 e. The molecule has 0 fully saturated rings. The average Bonchev–Trinajstić information content (AvgIpc) is 2.70. The second kappa shape index (κ2) is 6.20. The maximum Gasteiger partial charge on any atom is 0.125 e. The molecule has 0 aliphatic rings. The van der Waals surface area contributed by atoms with Crippen LogP contribution in [0.3, 0.4) is 0 Å². The molecule has 1 N–H and O–H groups in total. The van der Waals surface area contributed by atoms with E-state index in [0.717, 1.165) is 19.5 Å². The molecule has 0 aliphatic carbocycles. The third kappa shape index (κ3) is 4.50. The van der Waals surface area contributed by atoms with E-state index in [9.17, 15) is 0 Å². The first-order valence-electron chi connectivity index (χ1n) is 6.72. The van der Waals surface area contributed by atoms with Crippen molar-refractivity contribution in [3.05, 3.63) is 18.2 Å². The fourth-order valence-corrected chi connectivity index (χ4v) is 2.04. The van der Waals surface area contributed by atoms with Gasteiger partial charge in [0.1, 0.15) is 5.82 Å². The summed E-state index contributed by atoms with van der Waals surface area (Å²) >= 11 is 0. The molecule has 1 unspecified atom stereocenters. The van der Waals surface area contributed by atoms with Gasteiger partial charge in [0.15, 0.2) is 0 Å². The summed E-state index contributed by atoms with van der Waals surface area (Å²) in [6.07, 6.45) is 6.33. The molecule has 0 radical (unpaired) electrons. The van der Waals surface area contributed by atoms with E-state index < -0.39 is 0 Å². The van der Waals surface area contributed by atoms with Gasteiger partial charge in [0.2, 0.25) is 0 Å². The molecule has 1 rings (SSSR count). The first kappa shape index (κ1) is 14.2. The third-order valence-electron chi connectivity index (χ3n) is 3.03. The minimum atomic E-state index is 0.383. The zero-order valence-electron chi connectivity index (χ0n) is 12.0. The van der Waals surface area contributed by atoms with Gasteiger partial charge in [-0.05, 0) is 31.7 Å². The third-order valence-corrected chi connectivity index (χ3v) is 3.03. The van der Waals surface area contributed by atoms with Crippen LogP contribution in [0.4, 0.5) is 0 Å². The van der Waals surface area contributed by atoms with Crippen molar-refractivity contribution >= 4 is 0 Å². The van der Waals surface area contributed by atoms with Gasteiger partial charge in [0, 0.05) is 18.9 Å². The lowest BCUT2D eigenvalue weighted by atomic mass is 9.88. The van der Waals surface area contributed by atoms with Crippen molar-refractivity contribution < 1.29 is 0 Å². The minimum absolute atomic E-state index is 0.383. The standard InChI is InChI=1S/C14H27N3/c1-6-15-12(8-9-14(3,4)5)13-16-10-11-17(13)7-2/h10-12,15H,6-9H2,1-5H3. The van der Waals surface area contributed by atoms with Crippen LogP contribution in [0, 0.1) is 5.41 Å². The summed E-state index contributed by atoms with van der Waals surface area (Å²) in [6.45, 7) is 13.2. The lowest BCUT2D eigenvalue weighted by Gasteiger charge is -2.24. The van der Waals surface area contributed by atoms with E-state index >= 15 is 0 Å². The normalized spacial score (nSPS) is 13.9. The van der Waals surface area contributed by atoms with E-state index in [1.807, 2.05) is 6.20 Å². The van der Waals surface area contributed by atoms with Gasteiger partial charge in [-0.15, -0.1) is 0 Å². The number of aryl methyl sites for hydroxylation is 1. The van der Waals surface area contributed by atoms with Crippen LogP contribution in [-0.4, -0.2) is 16.1 Å². The lowest BCUT2D eigenvalue weighted by molar-refractivity contribution is 0.326. The lowest BCUT2D eigenvalue weighted by Crippen LogP contribution is -2.25. The summed E-state index contributed by atoms with van der Waals surface area (Å²) in [7, 11) is 0. The minimum Gasteiger partial charge on any atom is -0.334 e. The molecule has 0 saturated carbocycles. The van der Waals surface area contributed by atoms with Gasteiger partial charge in [0.05, 0.1) is 6.04 Å². The van der Waals surface area contributed by atoms with Gasteiger partial charge >= 0.3 is 0 Å². The number of nitrogens with zero attached hydrogens (tertiary/aromatic N) is 2. The Morgan fingerprint density at radius 2 is 2.06 bits per heavy atom. The van der Waals surface area contributed by atoms with Gasteiger partial charge in [-0.3, -0.25) is 0 Å². The zero-order chi connectivity index (χ0) is 12.9. The van der Waals surface area contributed by atoms with Crippen LogP contribution in [0.5, 0.6) is 0 Å². The van der Waals surface area contributed by atoms with Crippen LogP contribution in [0.25, 0.3) is 0 Å². The second-order valence-corrected chi connectivity index (χ2v) is 5.78. The number of nitrogens with one attached hydrogen (secondary N) is 1. The summed E-state index contributed by atoms with van der Waals surface area (Å²) in [5.41, 5.74) is 0.386. The first-order valence-corrected chi connectivity index (χ1v) is 6.72. The molecule has 0 aliphatic heterocycles. The summed E-state index contributed by atoms with van der Waals surface area (Å²) in [5, 5.41) is 3.55. The van der Waals surface area contributed by atoms with Gasteiger partial charge in [-0.1, -0.05) is 27.7 Å². The molecular weight excluding hydrogens is 210 g/mol. The van der Waals surface area contributed by atoms with Gasteiger partial charge in [0.25, 0.3) is 0 Å². The predicted octanol–water partition coefficient (Wildman–Crippen LogP) is 3.38. The fraction of sp³-hybridized carbons (Fsp3) is 0.786. The van der Waals surface area contributed by atoms with Gasteiger partial charge in [-0.25, -0.2) is 4.98 Å². The Bertz CT molecular complexity index is 322. The number of hydrogen-bond acceptors (Lipinski definition) is 2. The second-order valence-electron chi connectivity index (χ2n) is 5.78. The van der Waals surface area contributed by atoms with Crippen LogP contribution >= 0.6 is 0 Å². The maximum absolute atomic E-state index is 4.51. The van der Waals surface area contributed by atoms with Crippen molar-refractivity contribution in [1.29, 1.82) is 0 Å². The molecule has 3 nitrogen and oxygen atoms in total. The molecule has 17 heavy (non-hydrogen) atoms. The molecule has 0 bridgehead atoms. The highest BCUT2D eigenvalue weighted by Crippen LogP contribution is 2.26. The fourth-order valence-electron chi connectivity index (χ4n) is 2.04. The quantitative estimate of drug-likeness (QED) is 0.822. The highest BCUT2D eigenvalue weighted by atomic mass is 15.1. The van der Waals surface area contributed by atoms with E-state index in [4.69, 9.17) is 0 Å². The summed E-state index contributed by atoms with van der Waals surface area (Å²) < 4.78 is 2.23. The Labute approximate surface area is 106 Å². The molecule has 1 atom stereocenters. The molecular formula is C14H27N3. The highest BCUT2D eigenvalue weighted by molar-refractivity contribution is 4.99. The van der Waals surface area contributed by atoms with E-state index in [1.165, 1.54) is 12.2 Å². The number of rotatable bonds is 6. The zero-order valence-corrected chi connectivity index (χ0v) is 12.0. The van der Waals surface area contributed by atoms with Crippen molar-refractivity contribution in [3.63, 3.8) is 0 Å². The van der Waals surface area contributed by atoms with Gasteiger partial charge < -0.3 is 9.88 Å². The van der Waals surface area contributed by atoms with Crippen LogP contribution < -0.4 is 5.32 Å². The molecule has 0 spiro atoms. The Kier molecular flexibility index (Phi) is 5.19. The van der Waals surface area contributed by atoms with Crippen molar-refractivity contribution in [2.45, 2.75) is 60.0 Å². The Hall–Kier alpha value is -0.830. The summed E-state index contributed by atoms with van der Waals surface area (Å²) in [5.74, 6) is 1.18. The largest absolute Gasteiger partial charge is 0.334 e. The molecule has 0 amide bonds.